The largest absolute Gasteiger partial charge is 0.497 e. The van der Waals surface area contributed by atoms with Crippen LogP contribution in [0.5, 0.6) is 11.5 Å². The van der Waals surface area contributed by atoms with Gasteiger partial charge in [0.15, 0.2) is 0 Å². The summed E-state index contributed by atoms with van der Waals surface area (Å²) in [6.45, 7) is 1.19. The zero-order chi connectivity index (χ0) is 12.8. The molecule has 0 amide bonds. The van der Waals surface area contributed by atoms with Gasteiger partial charge in [-0.2, -0.15) is 0 Å². The second kappa shape index (κ2) is 6.42. The molecule has 0 aliphatic heterocycles. The average molecular weight is 263 g/mol. The van der Waals surface area contributed by atoms with Gasteiger partial charge in [-0.25, -0.2) is 0 Å². The smallest absolute Gasteiger partial charge is 0.119 e. The number of nitrogens with two attached hydrogens (primary N) is 1. The van der Waals surface area contributed by atoms with Crippen molar-refractivity contribution < 1.29 is 9.47 Å². The molecule has 4 heteroatoms. The average Bonchev–Trinajstić information content (AvgIpc) is 2.94. The van der Waals surface area contributed by atoms with Crippen molar-refractivity contribution in [2.24, 2.45) is 5.73 Å². The van der Waals surface area contributed by atoms with Crippen LogP contribution in [0.1, 0.15) is 10.8 Å². The lowest BCUT2D eigenvalue weighted by Gasteiger charge is -2.14. The van der Waals surface area contributed by atoms with Gasteiger partial charge in [0.2, 0.25) is 0 Å². The summed E-state index contributed by atoms with van der Waals surface area (Å²) in [5, 5.41) is 2.06. The van der Waals surface area contributed by atoms with E-state index in [0.29, 0.717) is 13.2 Å². The maximum Gasteiger partial charge on any atom is 0.119 e. The van der Waals surface area contributed by atoms with E-state index >= 15 is 0 Å². The van der Waals surface area contributed by atoms with Crippen molar-refractivity contribution in [3.8, 4) is 11.5 Å². The third kappa shape index (κ3) is 3.24. The van der Waals surface area contributed by atoms with Crippen molar-refractivity contribution in [2.45, 2.75) is 5.92 Å². The number of thiophene rings is 1. The van der Waals surface area contributed by atoms with Gasteiger partial charge >= 0.3 is 0 Å². The van der Waals surface area contributed by atoms with Crippen LogP contribution in [0.25, 0.3) is 0 Å². The first-order valence-corrected chi connectivity index (χ1v) is 6.71. The van der Waals surface area contributed by atoms with E-state index in [1.54, 1.807) is 18.4 Å². The Morgan fingerprint density at radius 3 is 2.44 bits per heavy atom. The van der Waals surface area contributed by atoms with Crippen molar-refractivity contribution in [3.05, 3.63) is 46.7 Å². The molecule has 1 unspecified atom stereocenters. The lowest BCUT2D eigenvalue weighted by atomic mass is 10.1. The lowest BCUT2D eigenvalue weighted by Crippen LogP contribution is -2.18. The van der Waals surface area contributed by atoms with E-state index in [2.05, 4.69) is 11.4 Å². The first kappa shape index (κ1) is 12.9. The highest BCUT2D eigenvalue weighted by Gasteiger charge is 2.11. The Morgan fingerprint density at radius 2 is 1.89 bits per heavy atom. The topological polar surface area (TPSA) is 44.5 Å². The molecule has 0 saturated carbocycles. The normalized spacial score (nSPS) is 12.1. The standard InChI is InChI=1S/C14H17NO2S/c1-16-12-4-6-13(7-5-12)17-10-11(9-15)14-3-2-8-18-14/h2-8,11H,9-10,15H2,1H3. The van der Waals surface area contributed by atoms with E-state index in [-0.39, 0.29) is 5.92 Å². The molecular weight excluding hydrogens is 246 g/mol. The summed E-state index contributed by atoms with van der Waals surface area (Å²) in [7, 11) is 1.65. The number of methoxy groups -OCH3 is 1. The van der Waals surface area contributed by atoms with E-state index in [9.17, 15) is 0 Å². The molecule has 2 rings (SSSR count). The highest BCUT2D eigenvalue weighted by Crippen LogP contribution is 2.23. The molecule has 1 aromatic heterocycles. The summed E-state index contributed by atoms with van der Waals surface area (Å²) in [6.07, 6.45) is 0. The Bertz CT molecular complexity index is 453. The SMILES string of the molecule is COc1ccc(OCC(CN)c2cccs2)cc1. The van der Waals surface area contributed by atoms with Crippen molar-refractivity contribution in [2.75, 3.05) is 20.3 Å². The highest BCUT2D eigenvalue weighted by molar-refractivity contribution is 7.10. The highest BCUT2D eigenvalue weighted by atomic mass is 32.1. The molecule has 96 valence electrons. The number of hydrogen-bond donors (Lipinski definition) is 1. The summed E-state index contributed by atoms with van der Waals surface area (Å²) in [6, 6.07) is 11.7. The van der Waals surface area contributed by atoms with Gasteiger partial charge in [0.05, 0.1) is 13.7 Å². The van der Waals surface area contributed by atoms with E-state index in [4.69, 9.17) is 15.2 Å². The van der Waals surface area contributed by atoms with Crippen LogP contribution in [0.2, 0.25) is 0 Å². The van der Waals surface area contributed by atoms with Crippen LogP contribution in [0.15, 0.2) is 41.8 Å². The van der Waals surface area contributed by atoms with Crippen LogP contribution in [0.3, 0.4) is 0 Å². The number of ether oxygens (including phenoxy) is 2. The number of rotatable bonds is 6. The van der Waals surface area contributed by atoms with Crippen LogP contribution < -0.4 is 15.2 Å². The van der Waals surface area contributed by atoms with Gasteiger partial charge in [0.25, 0.3) is 0 Å². The van der Waals surface area contributed by atoms with Crippen LogP contribution >= 0.6 is 11.3 Å². The summed E-state index contributed by atoms with van der Waals surface area (Å²) in [5.74, 6) is 1.92. The van der Waals surface area contributed by atoms with Gasteiger partial charge in [-0.1, -0.05) is 6.07 Å². The van der Waals surface area contributed by atoms with E-state index < -0.39 is 0 Å². The second-order valence-electron chi connectivity index (χ2n) is 3.93. The molecule has 1 atom stereocenters. The quantitative estimate of drug-likeness (QED) is 0.871. The molecule has 0 spiro atoms. The van der Waals surface area contributed by atoms with Crippen molar-refractivity contribution in [3.63, 3.8) is 0 Å². The fourth-order valence-electron chi connectivity index (χ4n) is 1.66. The molecule has 1 heterocycles. The monoisotopic (exact) mass is 263 g/mol. The molecule has 0 bridgehead atoms. The van der Waals surface area contributed by atoms with E-state index in [1.807, 2.05) is 30.3 Å². The Morgan fingerprint density at radius 1 is 1.17 bits per heavy atom. The van der Waals surface area contributed by atoms with Gasteiger partial charge in [0, 0.05) is 17.3 Å². The number of benzene rings is 1. The molecule has 0 saturated heterocycles. The first-order valence-electron chi connectivity index (χ1n) is 5.84. The van der Waals surface area contributed by atoms with Gasteiger partial charge in [-0.15, -0.1) is 11.3 Å². The zero-order valence-electron chi connectivity index (χ0n) is 10.3. The summed E-state index contributed by atoms with van der Waals surface area (Å²) >= 11 is 1.72. The third-order valence-electron chi connectivity index (χ3n) is 2.74. The predicted molar refractivity (Wildman–Crippen MR) is 74.6 cm³/mol. The number of hydrogen-bond acceptors (Lipinski definition) is 4. The van der Waals surface area contributed by atoms with Crippen LogP contribution in [0, 0.1) is 0 Å². The minimum absolute atomic E-state index is 0.257. The van der Waals surface area contributed by atoms with Gasteiger partial charge in [-0.05, 0) is 35.7 Å². The molecule has 2 N–H and O–H groups in total. The molecule has 18 heavy (non-hydrogen) atoms. The maximum absolute atomic E-state index is 5.78. The van der Waals surface area contributed by atoms with Crippen molar-refractivity contribution >= 4 is 11.3 Å². The molecule has 0 fully saturated rings. The maximum atomic E-state index is 5.78. The van der Waals surface area contributed by atoms with Crippen molar-refractivity contribution in [1.29, 1.82) is 0 Å². The van der Waals surface area contributed by atoms with Gasteiger partial charge < -0.3 is 15.2 Å². The van der Waals surface area contributed by atoms with Crippen molar-refractivity contribution in [1.82, 2.24) is 0 Å². The molecule has 0 radical (unpaired) electrons. The van der Waals surface area contributed by atoms with Crippen LogP contribution in [-0.2, 0) is 0 Å². The molecule has 0 aliphatic rings. The molecule has 1 aromatic carbocycles. The predicted octanol–water partition coefficient (Wildman–Crippen LogP) is 2.88. The van der Waals surface area contributed by atoms with Gasteiger partial charge in [0.1, 0.15) is 11.5 Å². The van der Waals surface area contributed by atoms with Gasteiger partial charge in [-0.3, -0.25) is 0 Å². The minimum atomic E-state index is 0.257. The summed E-state index contributed by atoms with van der Waals surface area (Å²) < 4.78 is 10.9. The zero-order valence-corrected chi connectivity index (χ0v) is 11.2. The summed E-state index contributed by atoms with van der Waals surface area (Å²) in [4.78, 5) is 1.27. The Kier molecular flexibility index (Phi) is 4.61. The Labute approximate surface area is 111 Å². The molecule has 2 aromatic rings. The van der Waals surface area contributed by atoms with Crippen LogP contribution in [0.4, 0.5) is 0 Å². The Hall–Kier alpha value is -1.52. The molecular formula is C14H17NO2S. The summed E-state index contributed by atoms with van der Waals surface area (Å²) in [5.41, 5.74) is 5.78. The fraction of sp³-hybridized carbons (Fsp3) is 0.286. The second-order valence-corrected chi connectivity index (χ2v) is 4.91. The van der Waals surface area contributed by atoms with E-state index in [0.717, 1.165) is 11.5 Å². The van der Waals surface area contributed by atoms with E-state index in [1.165, 1.54) is 4.88 Å². The lowest BCUT2D eigenvalue weighted by molar-refractivity contribution is 0.291. The first-order chi connectivity index (χ1) is 8.83. The third-order valence-corrected chi connectivity index (χ3v) is 3.78. The molecule has 3 nitrogen and oxygen atoms in total. The fourth-order valence-corrected chi connectivity index (χ4v) is 2.49. The Balaban J connectivity index is 1.93. The van der Waals surface area contributed by atoms with Crippen LogP contribution in [-0.4, -0.2) is 20.3 Å². The molecule has 0 aliphatic carbocycles. The minimum Gasteiger partial charge on any atom is -0.497 e.